The second-order valence-corrected chi connectivity index (χ2v) is 8.84. The van der Waals surface area contributed by atoms with E-state index in [-0.39, 0.29) is 23.4 Å². The number of carbonyl (C=O) groups excluding carboxylic acids is 2. The quantitative estimate of drug-likeness (QED) is 0.416. The van der Waals surface area contributed by atoms with Gasteiger partial charge in [-0.3, -0.25) is 19.4 Å². The normalized spacial score (nSPS) is 11.1. The number of anilines is 1. The summed E-state index contributed by atoms with van der Waals surface area (Å²) in [6.07, 6.45) is 4.51. The van der Waals surface area contributed by atoms with Crippen molar-refractivity contribution in [3.8, 4) is 0 Å². The molecule has 4 aromatic rings. The Bertz CT molecular complexity index is 1440. The average molecular weight is 454 g/mol. The summed E-state index contributed by atoms with van der Waals surface area (Å²) in [5.74, 6) is -0.242. The van der Waals surface area contributed by atoms with Crippen molar-refractivity contribution in [1.29, 1.82) is 0 Å². The number of nitrogens with one attached hydrogen (secondary N) is 1. The fraction of sp³-hybridized carbons (Fsp3) is 0.214. The molecule has 0 unspecified atom stereocenters. The van der Waals surface area contributed by atoms with Gasteiger partial charge in [0.05, 0.1) is 11.1 Å². The molecule has 0 fully saturated rings. The van der Waals surface area contributed by atoms with E-state index in [2.05, 4.69) is 24.1 Å². The van der Waals surface area contributed by atoms with Crippen LogP contribution in [0.1, 0.15) is 52.4 Å². The summed E-state index contributed by atoms with van der Waals surface area (Å²) >= 11 is 0. The molecule has 172 valence electrons. The molecule has 0 aliphatic heterocycles. The Morgan fingerprint density at radius 2 is 1.62 bits per heavy atom. The Kier molecular flexibility index (Phi) is 6.41. The number of pyridine rings is 2. The number of hydrogen-bond donors (Lipinski definition) is 1. The lowest BCUT2D eigenvalue weighted by molar-refractivity contribution is -0.116. The van der Waals surface area contributed by atoms with Crippen molar-refractivity contribution in [3.05, 3.63) is 105 Å². The van der Waals surface area contributed by atoms with Crippen LogP contribution in [-0.2, 0) is 11.3 Å². The van der Waals surface area contributed by atoms with Crippen LogP contribution in [0.15, 0.2) is 71.9 Å². The fourth-order valence-electron chi connectivity index (χ4n) is 3.91. The van der Waals surface area contributed by atoms with Crippen LogP contribution in [0.25, 0.3) is 10.9 Å². The zero-order chi connectivity index (χ0) is 24.4. The van der Waals surface area contributed by atoms with Crippen LogP contribution in [0.4, 0.5) is 5.69 Å². The van der Waals surface area contributed by atoms with E-state index in [9.17, 15) is 14.4 Å². The molecule has 0 spiro atoms. The van der Waals surface area contributed by atoms with E-state index in [1.54, 1.807) is 22.8 Å². The summed E-state index contributed by atoms with van der Waals surface area (Å²) in [6.45, 7) is 8.06. The summed E-state index contributed by atoms with van der Waals surface area (Å²) in [7, 11) is 0. The van der Waals surface area contributed by atoms with Crippen molar-refractivity contribution < 1.29 is 9.59 Å². The van der Waals surface area contributed by atoms with Gasteiger partial charge in [-0.1, -0.05) is 26.0 Å². The van der Waals surface area contributed by atoms with Crippen molar-refractivity contribution in [2.24, 2.45) is 0 Å². The molecule has 0 bridgehead atoms. The van der Waals surface area contributed by atoms with Crippen molar-refractivity contribution in [1.82, 2.24) is 9.55 Å². The van der Waals surface area contributed by atoms with E-state index < -0.39 is 5.78 Å². The first-order chi connectivity index (χ1) is 16.2. The summed E-state index contributed by atoms with van der Waals surface area (Å²) < 4.78 is 1.68. The SMILES string of the molecule is Cc1cc2c(=O)c(C(=O)c3ccncc3)cn(CC(=O)Nc3ccc(C(C)C)cc3)c2cc1C. The molecular formula is C28H27N3O3. The van der Waals surface area contributed by atoms with Crippen LogP contribution >= 0.6 is 0 Å². The van der Waals surface area contributed by atoms with Gasteiger partial charge in [0.25, 0.3) is 0 Å². The standard InChI is InChI=1S/C28H27N3O3/c1-17(2)20-5-7-22(8-6-20)30-26(32)16-31-15-24(27(33)21-9-11-29-12-10-21)28(34)23-13-18(3)19(4)14-25(23)31/h5-15,17H,16H2,1-4H3,(H,30,32). The van der Waals surface area contributed by atoms with E-state index in [0.717, 1.165) is 11.1 Å². The Hall–Kier alpha value is -4.06. The summed E-state index contributed by atoms with van der Waals surface area (Å²) in [4.78, 5) is 43.3. The highest BCUT2D eigenvalue weighted by molar-refractivity contribution is 6.10. The van der Waals surface area contributed by atoms with Crippen molar-refractivity contribution in [2.45, 2.75) is 40.2 Å². The first-order valence-corrected chi connectivity index (χ1v) is 11.2. The van der Waals surface area contributed by atoms with Gasteiger partial charge < -0.3 is 9.88 Å². The maximum absolute atomic E-state index is 13.3. The lowest BCUT2D eigenvalue weighted by Gasteiger charge is -2.15. The number of benzene rings is 2. The third-order valence-electron chi connectivity index (χ3n) is 6.06. The van der Waals surface area contributed by atoms with E-state index in [1.807, 2.05) is 44.2 Å². The highest BCUT2D eigenvalue weighted by atomic mass is 16.2. The minimum Gasteiger partial charge on any atom is -0.337 e. The van der Waals surface area contributed by atoms with Crippen LogP contribution in [0.2, 0.25) is 0 Å². The maximum atomic E-state index is 13.3. The molecule has 1 N–H and O–H groups in total. The van der Waals surface area contributed by atoms with Crippen LogP contribution in [0.5, 0.6) is 0 Å². The molecule has 2 aromatic carbocycles. The van der Waals surface area contributed by atoms with E-state index in [4.69, 9.17) is 0 Å². The number of aromatic nitrogens is 2. The van der Waals surface area contributed by atoms with Crippen molar-refractivity contribution in [3.63, 3.8) is 0 Å². The number of ketones is 1. The molecular weight excluding hydrogens is 426 g/mol. The lowest BCUT2D eigenvalue weighted by atomic mass is 10.0. The largest absolute Gasteiger partial charge is 0.337 e. The molecule has 0 radical (unpaired) electrons. The minimum absolute atomic E-state index is 0.0241. The van der Waals surface area contributed by atoms with Gasteiger partial charge in [0.15, 0.2) is 5.78 Å². The molecule has 6 heteroatoms. The predicted octanol–water partition coefficient (Wildman–Crippen LogP) is 5.01. The second kappa shape index (κ2) is 9.43. The van der Waals surface area contributed by atoms with Gasteiger partial charge >= 0.3 is 0 Å². The minimum atomic E-state index is -0.397. The number of carbonyl (C=O) groups is 2. The average Bonchev–Trinajstić information content (AvgIpc) is 2.82. The van der Waals surface area contributed by atoms with Gasteiger partial charge in [-0.05, 0) is 72.9 Å². The molecule has 6 nitrogen and oxygen atoms in total. The molecule has 34 heavy (non-hydrogen) atoms. The van der Waals surface area contributed by atoms with Crippen LogP contribution in [0.3, 0.4) is 0 Å². The number of aryl methyl sites for hydroxylation is 2. The predicted molar refractivity (Wildman–Crippen MR) is 135 cm³/mol. The summed E-state index contributed by atoms with van der Waals surface area (Å²) in [5.41, 5.74) is 4.49. The topological polar surface area (TPSA) is 81.1 Å². The Morgan fingerprint density at radius 1 is 0.971 bits per heavy atom. The number of nitrogens with zero attached hydrogens (tertiary/aromatic N) is 2. The van der Waals surface area contributed by atoms with Crippen LogP contribution in [-0.4, -0.2) is 21.2 Å². The van der Waals surface area contributed by atoms with Crippen LogP contribution in [0, 0.1) is 13.8 Å². The molecule has 0 atom stereocenters. The van der Waals surface area contributed by atoms with Gasteiger partial charge in [-0.25, -0.2) is 0 Å². The third-order valence-corrected chi connectivity index (χ3v) is 6.06. The van der Waals surface area contributed by atoms with E-state index in [1.165, 1.54) is 24.2 Å². The van der Waals surface area contributed by atoms with Crippen molar-refractivity contribution in [2.75, 3.05) is 5.32 Å². The molecule has 0 saturated carbocycles. The second-order valence-electron chi connectivity index (χ2n) is 8.84. The maximum Gasteiger partial charge on any atom is 0.244 e. The first-order valence-electron chi connectivity index (χ1n) is 11.2. The van der Waals surface area contributed by atoms with E-state index in [0.29, 0.717) is 28.1 Å². The van der Waals surface area contributed by atoms with Gasteiger partial charge in [-0.15, -0.1) is 0 Å². The van der Waals surface area contributed by atoms with Crippen LogP contribution < -0.4 is 10.7 Å². The van der Waals surface area contributed by atoms with Crippen molar-refractivity contribution >= 4 is 28.3 Å². The molecule has 1 amide bonds. The van der Waals surface area contributed by atoms with Gasteiger partial charge in [0.2, 0.25) is 11.3 Å². The highest BCUT2D eigenvalue weighted by Crippen LogP contribution is 2.20. The highest BCUT2D eigenvalue weighted by Gasteiger charge is 2.19. The zero-order valence-electron chi connectivity index (χ0n) is 19.8. The molecule has 0 aliphatic rings. The molecule has 4 rings (SSSR count). The first kappa shape index (κ1) is 23.1. The smallest absolute Gasteiger partial charge is 0.244 e. The number of fused-ring (bicyclic) bond motifs is 1. The van der Waals surface area contributed by atoms with Gasteiger partial charge in [0, 0.05) is 35.2 Å². The molecule has 2 aromatic heterocycles. The summed E-state index contributed by atoms with van der Waals surface area (Å²) in [6, 6.07) is 14.6. The van der Waals surface area contributed by atoms with E-state index >= 15 is 0 Å². The number of rotatable bonds is 6. The van der Waals surface area contributed by atoms with Gasteiger partial charge in [0.1, 0.15) is 6.54 Å². The zero-order valence-corrected chi connectivity index (χ0v) is 19.8. The lowest BCUT2D eigenvalue weighted by Crippen LogP contribution is -2.24. The third kappa shape index (κ3) is 4.66. The summed E-state index contributed by atoms with van der Waals surface area (Å²) in [5, 5.41) is 3.33. The number of amides is 1. The monoisotopic (exact) mass is 453 g/mol. The molecule has 0 saturated heterocycles. The Balaban J connectivity index is 1.74. The Labute approximate surface area is 198 Å². The fourth-order valence-corrected chi connectivity index (χ4v) is 3.91. The Morgan fingerprint density at radius 3 is 2.26 bits per heavy atom. The number of hydrogen-bond acceptors (Lipinski definition) is 4. The molecule has 0 aliphatic carbocycles. The van der Waals surface area contributed by atoms with Gasteiger partial charge in [-0.2, -0.15) is 0 Å². The molecule has 2 heterocycles.